The van der Waals surface area contributed by atoms with Crippen LogP contribution in [-0.4, -0.2) is 29.3 Å². The van der Waals surface area contributed by atoms with Crippen molar-refractivity contribution in [2.24, 2.45) is 5.92 Å². The molecule has 24 heavy (non-hydrogen) atoms. The zero-order valence-corrected chi connectivity index (χ0v) is 17.8. The Hall–Kier alpha value is -0.783. The molecule has 2 rings (SSSR count). The fourth-order valence-corrected chi connectivity index (χ4v) is 4.94. The molecule has 2 atom stereocenters. The number of hydrogen-bond donors (Lipinski definition) is 1. The molecule has 0 unspecified atom stereocenters. The lowest BCUT2D eigenvalue weighted by Gasteiger charge is -2.38. The summed E-state index contributed by atoms with van der Waals surface area (Å²) in [5.41, 5.74) is -0.792. The fraction of sp³-hybridized carbons (Fsp3) is 0.632. The average molecular weight is 366 g/mol. The lowest BCUT2D eigenvalue weighted by molar-refractivity contribution is 0.00618. The lowest BCUT2D eigenvalue weighted by atomic mass is 9.87. The molecule has 3 nitrogen and oxygen atoms in total. The quantitative estimate of drug-likeness (QED) is 0.725. The van der Waals surface area contributed by atoms with E-state index in [1.807, 2.05) is 18.2 Å². The van der Waals surface area contributed by atoms with Crippen LogP contribution in [-0.2, 0) is 4.43 Å². The topological polar surface area (TPSA) is 42.4 Å². The Morgan fingerprint density at radius 3 is 2.50 bits per heavy atom. The molecular formula is C19H31NO2SSi. The molecule has 0 radical (unpaired) electrons. The van der Waals surface area contributed by atoms with Crippen LogP contribution in [0.4, 0.5) is 0 Å². The van der Waals surface area contributed by atoms with Crippen LogP contribution in [0.25, 0.3) is 0 Å². The summed E-state index contributed by atoms with van der Waals surface area (Å²) < 4.78 is 6.48. The van der Waals surface area contributed by atoms with Crippen molar-refractivity contribution in [1.29, 1.82) is 0 Å². The number of aliphatic hydroxyl groups is 1. The van der Waals surface area contributed by atoms with E-state index in [0.29, 0.717) is 6.42 Å². The van der Waals surface area contributed by atoms with Gasteiger partial charge in [-0.3, -0.25) is 0 Å². The van der Waals surface area contributed by atoms with Crippen molar-refractivity contribution in [1.82, 2.24) is 4.98 Å². The molecule has 0 saturated heterocycles. The standard InChI is InChI=1S/C19H31NO2SSi/c1-14(2)19(21)13-15(22-24(6,7)18(3,4)5)12-16(19)23-17-10-8-9-11-20-17/h8-12,14,16,21H,13H2,1-7H3/t16-,19+/m0/s1. The molecule has 134 valence electrons. The molecule has 1 heterocycles. The van der Waals surface area contributed by atoms with E-state index < -0.39 is 13.9 Å². The fourth-order valence-electron chi connectivity index (χ4n) is 2.52. The molecule has 0 bridgehead atoms. The molecule has 0 aliphatic heterocycles. The first-order valence-corrected chi connectivity index (χ1v) is 12.4. The second-order valence-corrected chi connectivity index (χ2v) is 14.4. The minimum atomic E-state index is -1.89. The van der Waals surface area contributed by atoms with E-state index in [2.05, 4.69) is 58.8 Å². The van der Waals surface area contributed by atoms with E-state index in [-0.39, 0.29) is 16.2 Å². The van der Waals surface area contributed by atoms with Crippen LogP contribution in [0.15, 0.2) is 41.3 Å². The van der Waals surface area contributed by atoms with Gasteiger partial charge in [-0.25, -0.2) is 4.98 Å². The van der Waals surface area contributed by atoms with Gasteiger partial charge in [-0.05, 0) is 42.3 Å². The van der Waals surface area contributed by atoms with Crippen molar-refractivity contribution >= 4 is 20.1 Å². The largest absolute Gasteiger partial charge is 0.547 e. The zero-order valence-electron chi connectivity index (χ0n) is 16.0. The van der Waals surface area contributed by atoms with Crippen molar-refractivity contribution in [2.75, 3.05) is 0 Å². The maximum atomic E-state index is 11.3. The molecular weight excluding hydrogens is 334 g/mol. The Bertz CT molecular complexity index is 595. The average Bonchev–Trinajstić information content (AvgIpc) is 2.75. The molecule has 1 aliphatic rings. The molecule has 0 spiro atoms. The van der Waals surface area contributed by atoms with E-state index in [4.69, 9.17) is 4.43 Å². The summed E-state index contributed by atoms with van der Waals surface area (Å²) in [6.45, 7) is 15.4. The van der Waals surface area contributed by atoms with Gasteiger partial charge in [0.05, 0.1) is 21.6 Å². The summed E-state index contributed by atoms with van der Waals surface area (Å²) in [6, 6.07) is 5.89. The lowest BCUT2D eigenvalue weighted by Crippen LogP contribution is -2.43. The smallest absolute Gasteiger partial charge is 0.250 e. The van der Waals surface area contributed by atoms with E-state index >= 15 is 0 Å². The third-order valence-corrected chi connectivity index (χ3v) is 11.0. The Kier molecular flexibility index (Phi) is 5.58. The number of thioether (sulfide) groups is 1. The highest BCUT2D eigenvalue weighted by atomic mass is 32.2. The van der Waals surface area contributed by atoms with E-state index in [1.165, 1.54) is 0 Å². The van der Waals surface area contributed by atoms with Gasteiger partial charge in [0, 0.05) is 12.6 Å². The van der Waals surface area contributed by atoms with E-state index in [1.54, 1.807) is 18.0 Å². The minimum Gasteiger partial charge on any atom is -0.547 e. The number of pyridine rings is 1. The highest BCUT2D eigenvalue weighted by Crippen LogP contribution is 2.47. The maximum absolute atomic E-state index is 11.3. The predicted octanol–water partition coefficient (Wildman–Crippen LogP) is 5.24. The molecule has 0 saturated carbocycles. The van der Waals surface area contributed by atoms with Crippen LogP contribution in [0.2, 0.25) is 18.1 Å². The molecule has 0 fully saturated rings. The van der Waals surface area contributed by atoms with Crippen LogP contribution >= 0.6 is 11.8 Å². The highest BCUT2D eigenvalue weighted by Gasteiger charge is 2.48. The van der Waals surface area contributed by atoms with Gasteiger partial charge in [0.1, 0.15) is 0 Å². The monoisotopic (exact) mass is 365 g/mol. The van der Waals surface area contributed by atoms with Gasteiger partial charge in [-0.1, -0.05) is 52.4 Å². The van der Waals surface area contributed by atoms with Crippen LogP contribution in [0.5, 0.6) is 0 Å². The van der Waals surface area contributed by atoms with E-state index in [0.717, 1.165) is 10.8 Å². The van der Waals surface area contributed by atoms with Crippen molar-refractivity contribution in [3.63, 3.8) is 0 Å². The van der Waals surface area contributed by atoms with Gasteiger partial charge in [0.15, 0.2) is 0 Å². The molecule has 1 aliphatic carbocycles. The summed E-state index contributed by atoms with van der Waals surface area (Å²) >= 11 is 1.62. The predicted molar refractivity (Wildman–Crippen MR) is 105 cm³/mol. The summed E-state index contributed by atoms with van der Waals surface area (Å²) in [6.07, 6.45) is 4.50. The first kappa shape index (κ1) is 19.5. The minimum absolute atomic E-state index is 0.0350. The van der Waals surface area contributed by atoms with Crippen molar-refractivity contribution in [3.05, 3.63) is 36.2 Å². The third-order valence-electron chi connectivity index (χ3n) is 5.37. The number of rotatable bonds is 5. The van der Waals surface area contributed by atoms with Crippen LogP contribution in [0, 0.1) is 5.92 Å². The molecule has 5 heteroatoms. The Morgan fingerprint density at radius 1 is 1.33 bits per heavy atom. The van der Waals surface area contributed by atoms with Gasteiger partial charge in [0.25, 0.3) is 0 Å². The maximum Gasteiger partial charge on any atom is 0.250 e. The normalized spacial score (nSPS) is 25.0. The van der Waals surface area contributed by atoms with Gasteiger partial charge in [-0.2, -0.15) is 0 Å². The summed E-state index contributed by atoms with van der Waals surface area (Å²) in [5, 5.41) is 12.3. The third kappa shape index (κ3) is 4.06. The van der Waals surface area contributed by atoms with Crippen molar-refractivity contribution in [2.45, 2.75) is 75.0 Å². The van der Waals surface area contributed by atoms with Crippen LogP contribution < -0.4 is 0 Å². The summed E-state index contributed by atoms with van der Waals surface area (Å²) in [4.78, 5) is 4.40. The molecule has 1 N–H and O–H groups in total. The van der Waals surface area contributed by atoms with Crippen LogP contribution in [0.3, 0.4) is 0 Å². The first-order valence-electron chi connectivity index (χ1n) is 8.65. The first-order chi connectivity index (χ1) is 11.0. The number of aromatic nitrogens is 1. The Morgan fingerprint density at radius 2 is 2.00 bits per heavy atom. The van der Waals surface area contributed by atoms with Gasteiger partial charge >= 0.3 is 0 Å². The Labute approximate surface area is 152 Å². The van der Waals surface area contributed by atoms with Crippen molar-refractivity contribution < 1.29 is 9.53 Å². The molecule has 1 aromatic heterocycles. The van der Waals surface area contributed by atoms with Crippen LogP contribution in [0.1, 0.15) is 41.0 Å². The number of hydrogen-bond acceptors (Lipinski definition) is 4. The van der Waals surface area contributed by atoms with Gasteiger partial charge < -0.3 is 9.53 Å². The Balaban J connectivity index is 2.24. The van der Waals surface area contributed by atoms with E-state index in [9.17, 15) is 5.11 Å². The highest BCUT2D eigenvalue weighted by molar-refractivity contribution is 8.00. The van der Waals surface area contributed by atoms with Crippen molar-refractivity contribution in [3.8, 4) is 0 Å². The zero-order chi connectivity index (χ0) is 18.2. The molecule has 1 aromatic rings. The van der Waals surface area contributed by atoms with Gasteiger partial charge in [0.2, 0.25) is 8.32 Å². The second-order valence-electron chi connectivity index (χ2n) is 8.52. The summed E-state index contributed by atoms with van der Waals surface area (Å²) in [5.74, 6) is 1.10. The number of nitrogens with zero attached hydrogens (tertiary/aromatic N) is 1. The molecule has 0 amide bonds. The SMILES string of the molecule is CC(C)[C@]1(O)CC(O[Si](C)(C)C(C)(C)C)=C[C@@H]1Sc1ccccn1. The van der Waals surface area contributed by atoms with Gasteiger partial charge in [-0.15, -0.1) is 0 Å². The summed E-state index contributed by atoms with van der Waals surface area (Å²) in [7, 11) is -1.89. The second kappa shape index (κ2) is 6.85. The molecule has 0 aromatic carbocycles.